The highest BCUT2D eigenvalue weighted by molar-refractivity contribution is 5.81. The highest BCUT2D eigenvalue weighted by Crippen LogP contribution is 2.31. The highest BCUT2D eigenvalue weighted by atomic mass is 16.5. The molecule has 2 fully saturated rings. The van der Waals surface area contributed by atoms with Crippen molar-refractivity contribution in [3.63, 3.8) is 0 Å². The molecule has 2 aliphatic rings. The third-order valence-electron chi connectivity index (χ3n) is 3.37. The second kappa shape index (κ2) is 4.49. The molecule has 1 amide bonds. The summed E-state index contributed by atoms with van der Waals surface area (Å²) in [7, 11) is 0. The molecule has 86 valence electrons. The first kappa shape index (κ1) is 10.9. The lowest BCUT2D eigenvalue weighted by molar-refractivity contribution is -0.136. The largest absolute Gasteiger partial charge is 0.378 e. The third kappa shape index (κ3) is 2.01. The van der Waals surface area contributed by atoms with Crippen LogP contribution in [0.25, 0.3) is 0 Å². The maximum Gasteiger partial charge on any atom is 0.238 e. The van der Waals surface area contributed by atoms with Crippen LogP contribution < -0.4 is 5.32 Å². The molecule has 1 saturated heterocycles. The fourth-order valence-electron chi connectivity index (χ4n) is 2.50. The minimum Gasteiger partial charge on any atom is -0.378 e. The second-order valence-electron chi connectivity index (χ2n) is 4.31. The van der Waals surface area contributed by atoms with Crippen molar-refractivity contribution in [2.45, 2.75) is 51.4 Å². The molecule has 4 nitrogen and oxygen atoms in total. The molecule has 1 heterocycles. The van der Waals surface area contributed by atoms with Crippen molar-refractivity contribution >= 4 is 5.91 Å². The van der Waals surface area contributed by atoms with Gasteiger partial charge in [0.2, 0.25) is 5.91 Å². The number of carbonyl (C=O) groups excluding carboxylic acids is 1. The Morgan fingerprint density at radius 3 is 2.80 bits per heavy atom. The Morgan fingerprint density at radius 1 is 1.47 bits per heavy atom. The Bertz CT molecular complexity index is 239. The molecule has 0 spiro atoms. The van der Waals surface area contributed by atoms with Crippen molar-refractivity contribution < 1.29 is 9.53 Å². The molecule has 0 radical (unpaired) electrons. The molecule has 1 saturated carbocycles. The van der Waals surface area contributed by atoms with E-state index in [1.54, 1.807) is 0 Å². The number of carbonyl (C=O) groups is 1. The summed E-state index contributed by atoms with van der Waals surface area (Å²) in [4.78, 5) is 13.7. The average Bonchev–Trinajstić information content (AvgIpc) is 2.53. The van der Waals surface area contributed by atoms with Crippen molar-refractivity contribution in [3.05, 3.63) is 0 Å². The van der Waals surface area contributed by atoms with Gasteiger partial charge < -0.3 is 9.64 Å². The van der Waals surface area contributed by atoms with Crippen LogP contribution in [-0.2, 0) is 9.53 Å². The van der Waals surface area contributed by atoms with Crippen LogP contribution in [0.2, 0.25) is 0 Å². The lowest BCUT2D eigenvalue weighted by Gasteiger charge is -2.42. The Hall–Kier alpha value is -0.610. The molecule has 0 bridgehead atoms. The smallest absolute Gasteiger partial charge is 0.238 e. The molecule has 1 aliphatic heterocycles. The quantitative estimate of drug-likeness (QED) is 0.746. The number of rotatable bonds is 4. The minimum atomic E-state index is 0.252. The van der Waals surface area contributed by atoms with Crippen LogP contribution in [-0.4, -0.2) is 42.3 Å². The molecule has 1 aliphatic carbocycles. The molecule has 15 heavy (non-hydrogen) atoms. The zero-order valence-electron chi connectivity index (χ0n) is 9.53. The SMILES string of the molecule is CCOC1CC(N2C(=O)CNC2CC)C1. The van der Waals surface area contributed by atoms with Gasteiger partial charge in [0.15, 0.2) is 0 Å². The Kier molecular flexibility index (Phi) is 3.26. The molecule has 2 rings (SSSR count). The van der Waals surface area contributed by atoms with E-state index in [0.717, 1.165) is 25.9 Å². The minimum absolute atomic E-state index is 0.252. The maximum absolute atomic E-state index is 11.7. The van der Waals surface area contributed by atoms with Gasteiger partial charge in [0.05, 0.1) is 18.8 Å². The van der Waals surface area contributed by atoms with Crippen molar-refractivity contribution in [1.29, 1.82) is 0 Å². The second-order valence-corrected chi connectivity index (χ2v) is 4.31. The van der Waals surface area contributed by atoms with E-state index >= 15 is 0 Å². The van der Waals surface area contributed by atoms with E-state index in [2.05, 4.69) is 12.2 Å². The van der Waals surface area contributed by atoms with Gasteiger partial charge in [-0.1, -0.05) is 6.92 Å². The van der Waals surface area contributed by atoms with Gasteiger partial charge in [0, 0.05) is 12.6 Å². The van der Waals surface area contributed by atoms with E-state index in [0.29, 0.717) is 18.7 Å². The normalized spacial score (nSPS) is 35.7. The zero-order chi connectivity index (χ0) is 10.8. The molecule has 1 unspecified atom stereocenters. The van der Waals surface area contributed by atoms with Gasteiger partial charge in [-0.3, -0.25) is 10.1 Å². The molecule has 1 N–H and O–H groups in total. The zero-order valence-corrected chi connectivity index (χ0v) is 9.53. The number of nitrogens with one attached hydrogen (secondary N) is 1. The summed E-state index contributed by atoms with van der Waals surface area (Å²) in [5.41, 5.74) is 0. The van der Waals surface area contributed by atoms with Crippen LogP contribution >= 0.6 is 0 Å². The van der Waals surface area contributed by atoms with Gasteiger partial charge in [0.25, 0.3) is 0 Å². The van der Waals surface area contributed by atoms with E-state index in [-0.39, 0.29) is 12.1 Å². The van der Waals surface area contributed by atoms with Crippen molar-refractivity contribution in [3.8, 4) is 0 Å². The first-order valence-corrected chi connectivity index (χ1v) is 5.92. The standard InChI is InChI=1S/C11H20N2O2/c1-3-10-12-7-11(14)13(10)8-5-9(6-8)15-4-2/h8-10,12H,3-7H2,1-2H3. The van der Waals surface area contributed by atoms with Crippen LogP contribution in [0, 0.1) is 0 Å². The Labute approximate surface area is 91.0 Å². The monoisotopic (exact) mass is 212 g/mol. The van der Waals surface area contributed by atoms with Crippen LogP contribution in [0.15, 0.2) is 0 Å². The summed E-state index contributed by atoms with van der Waals surface area (Å²) < 4.78 is 5.51. The van der Waals surface area contributed by atoms with E-state index in [1.165, 1.54) is 0 Å². The van der Waals surface area contributed by atoms with E-state index in [4.69, 9.17) is 4.74 Å². The van der Waals surface area contributed by atoms with E-state index < -0.39 is 0 Å². The predicted octanol–water partition coefficient (Wildman–Crippen LogP) is 0.722. The van der Waals surface area contributed by atoms with E-state index in [1.807, 2.05) is 11.8 Å². The summed E-state index contributed by atoms with van der Waals surface area (Å²) in [6.45, 7) is 5.42. The van der Waals surface area contributed by atoms with E-state index in [9.17, 15) is 4.79 Å². The van der Waals surface area contributed by atoms with Crippen LogP contribution in [0.4, 0.5) is 0 Å². The number of hydrogen-bond acceptors (Lipinski definition) is 3. The van der Waals surface area contributed by atoms with Gasteiger partial charge >= 0.3 is 0 Å². The Balaban J connectivity index is 1.86. The number of ether oxygens (including phenoxy) is 1. The van der Waals surface area contributed by atoms with Gasteiger partial charge in [-0.05, 0) is 26.2 Å². The summed E-state index contributed by atoms with van der Waals surface area (Å²) in [5.74, 6) is 0.252. The van der Waals surface area contributed by atoms with Crippen LogP contribution in [0.3, 0.4) is 0 Å². The van der Waals surface area contributed by atoms with Crippen molar-refractivity contribution in [2.75, 3.05) is 13.2 Å². The van der Waals surface area contributed by atoms with Crippen LogP contribution in [0.5, 0.6) is 0 Å². The third-order valence-corrected chi connectivity index (χ3v) is 3.37. The molecule has 1 atom stereocenters. The summed E-state index contributed by atoms with van der Waals surface area (Å²) in [6.07, 6.45) is 3.65. The molecule has 0 aromatic heterocycles. The lowest BCUT2D eigenvalue weighted by atomic mass is 9.87. The number of nitrogens with zero attached hydrogens (tertiary/aromatic N) is 1. The highest BCUT2D eigenvalue weighted by Gasteiger charge is 2.41. The van der Waals surface area contributed by atoms with Gasteiger partial charge in [-0.2, -0.15) is 0 Å². The Morgan fingerprint density at radius 2 is 2.20 bits per heavy atom. The van der Waals surface area contributed by atoms with Crippen molar-refractivity contribution in [2.24, 2.45) is 0 Å². The lowest BCUT2D eigenvalue weighted by Crippen LogP contribution is -2.52. The van der Waals surface area contributed by atoms with Gasteiger partial charge in [0.1, 0.15) is 0 Å². The van der Waals surface area contributed by atoms with Crippen LogP contribution in [0.1, 0.15) is 33.1 Å². The molecular weight excluding hydrogens is 192 g/mol. The predicted molar refractivity (Wildman–Crippen MR) is 57.4 cm³/mol. The summed E-state index contributed by atoms with van der Waals surface area (Å²) >= 11 is 0. The maximum atomic E-state index is 11.7. The van der Waals surface area contributed by atoms with Gasteiger partial charge in [-0.15, -0.1) is 0 Å². The fourth-order valence-corrected chi connectivity index (χ4v) is 2.50. The summed E-state index contributed by atoms with van der Waals surface area (Å²) in [6, 6.07) is 0.411. The first-order valence-electron chi connectivity index (χ1n) is 5.92. The average molecular weight is 212 g/mol. The van der Waals surface area contributed by atoms with Crippen molar-refractivity contribution in [1.82, 2.24) is 10.2 Å². The van der Waals surface area contributed by atoms with Gasteiger partial charge in [-0.25, -0.2) is 0 Å². The number of hydrogen-bond donors (Lipinski definition) is 1. The molecule has 0 aromatic rings. The number of amides is 1. The molecule has 4 heteroatoms. The molecular formula is C11H20N2O2. The summed E-state index contributed by atoms with van der Waals surface area (Å²) in [5, 5.41) is 3.24. The fraction of sp³-hybridized carbons (Fsp3) is 0.909. The topological polar surface area (TPSA) is 41.6 Å². The first-order chi connectivity index (χ1) is 7.26. The molecule has 0 aromatic carbocycles.